The average molecular weight is 370 g/mol. The summed E-state index contributed by atoms with van der Waals surface area (Å²) in [6, 6.07) is 3.85. The molecular formula is C19H22N4O2S. The second-order valence-electron chi connectivity index (χ2n) is 7.57. The number of hydrogen-bond donors (Lipinski definition) is 1. The van der Waals surface area contributed by atoms with E-state index in [4.69, 9.17) is 4.74 Å². The molecule has 2 aromatic heterocycles. The van der Waals surface area contributed by atoms with Gasteiger partial charge in [-0.2, -0.15) is 11.3 Å². The molecule has 136 valence electrons. The number of carbonyl (C=O) groups excluding carboxylic acids is 1. The van der Waals surface area contributed by atoms with Gasteiger partial charge < -0.3 is 15.0 Å². The highest BCUT2D eigenvalue weighted by Crippen LogP contribution is 2.54. The SMILES string of the molecule is O=C(Cc1ccsc1)NC[C@H]1[C@H]2CN(c3ncccn3)C[C@]23CC[C@H]1O3. The smallest absolute Gasteiger partial charge is 0.225 e. The molecule has 1 spiro atoms. The molecule has 5 rings (SSSR count). The summed E-state index contributed by atoms with van der Waals surface area (Å²) in [7, 11) is 0. The second kappa shape index (κ2) is 6.32. The molecule has 2 bridgehead atoms. The van der Waals surface area contributed by atoms with Crippen molar-refractivity contribution >= 4 is 23.2 Å². The molecular weight excluding hydrogens is 348 g/mol. The highest BCUT2D eigenvalue weighted by Gasteiger charge is 2.63. The van der Waals surface area contributed by atoms with Crippen molar-refractivity contribution in [2.45, 2.75) is 31.0 Å². The van der Waals surface area contributed by atoms with Gasteiger partial charge in [0, 0.05) is 37.3 Å². The highest BCUT2D eigenvalue weighted by molar-refractivity contribution is 7.08. The van der Waals surface area contributed by atoms with Gasteiger partial charge >= 0.3 is 0 Å². The molecule has 26 heavy (non-hydrogen) atoms. The quantitative estimate of drug-likeness (QED) is 0.870. The monoisotopic (exact) mass is 370 g/mol. The Morgan fingerprint density at radius 2 is 2.31 bits per heavy atom. The van der Waals surface area contributed by atoms with Crippen LogP contribution in [0, 0.1) is 11.8 Å². The van der Waals surface area contributed by atoms with E-state index in [0.717, 1.165) is 37.4 Å². The number of anilines is 1. The molecule has 0 saturated carbocycles. The summed E-state index contributed by atoms with van der Waals surface area (Å²) in [4.78, 5) is 23.3. The van der Waals surface area contributed by atoms with Crippen molar-refractivity contribution in [1.82, 2.24) is 15.3 Å². The minimum atomic E-state index is -0.0768. The van der Waals surface area contributed by atoms with Crippen LogP contribution in [0.2, 0.25) is 0 Å². The molecule has 2 aromatic rings. The number of nitrogens with zero attached hydrogens (tertiary/aromatic N) is 3. The number of fused-ring (bicyclic) bond motifs is 1. The zero-order valence-electron chi connectivity index (χ0n) is 14.5. The van der Waals surface area contributed by atoms with Crippen molar-refractivity contribution < 1.29 is 9.53 Å². The Bertz CT molecular complexity index is 784. The number of aromatic nitrogens is 2. The first-order valence-corrected chi connectivity index (χ1v) is 10.2. The van der Waals surface area contributed by atoms with E-state index in [0.29, 0.717) is 24.8 Å². The normalized spacial score (nSPS) is 32.0. The van der Waals surface area contributed by atoms with Gasteiger partial charge in [-0.1, -0.05) is 0 Å². The topological polar surface area (TPSA) is 67.4 Å². The maximum Gasteiger partial charge on any atom is 0.225 e. The Kier molecular flexibility index (Phi) is 3.94. The van der Waals surface area contributed by atoms with Crippen molar-refractivity contribution in [2.75, 3.05) is 24.5 Å². The molecule has 4 atom stereocenters. The molecule has 3 saturated heterocycles. The van der Waals surface area contributed by atoms with Gasteiger partial charge in [-0.15, -0.1) is 0 Å². The summed E-state index contributed by atoms with van der Waals surface area (Å²) in [6.07, 6.45) is 6.50. The largest absolute Gasteiger partial charge is 0.369 e. The molecule has 1 amide bonds. The Labute approximate surface area is 156 Å². The van der Waals surface area contributed by atoms with Gasteiger partial charge in [0.2, 0.25) is 11.9 Å². The van der Waals surface area contributed by atoms with Crippen molar-refractivity contribution in [3.8, 4) is 0 Å². The lowest BCUT2D eigenvalue weighted by molar-refractivity contribution is -0.120. The Morgan fingerprint density at radius 1 is 1.42 bits per heavy atom. The third-order valence-electron chi connectivity index (χ3n) is 6.10. The summed E-state index contributed by atoms with van der Waals surface area (Å²) >= 11 is 1.63. The Morgan fingerprint density at radius 3 is 3.12 bits per heavy atom. The van der Waals surface area contributed by atoms with Crippen LogP contribution in [0.4, 0.5) is 5.95 Å². The number of nitrogens with one attached hydrogen (secondary N) is 1. The van der Waals surface area contributed by atoms with Crippen molar-refractivity contribution in [1.29, 1.82) is 0 Å². The average Bonchev–Trinajstić information content (AvgIpc) is 3.42. The summed E-state index contributed by atoms with van der Waals surface area (Å²) in [6.45, 7) is 2.46. The molecule has 3 aliphatic rings. The van der Waals surface area contributed by atoms with E-state index in [-0.39, 0.29) is 17.6 Å². The summed E-state index contributed by atoms with van der Waals surface area (Å²) in [5.74, 6) is 1.69. The fraction of sp³-hybridized carbons (Fsp3) is 0.526. The minimum absolute atomic E-state index is 0.0768. The maximum atomic E-state index is 12.3. The lowest BCUT2D eigenvalue weighted by Crippen LogP contribution is -2.42. The highest BCUT2D eigenvalue weighted by atomic mass is 32.1. The van der Waals surface area contributed by atoms with E-state index in [1.54, 1.807) is 23.7 Å². The standard InChI is InChI=1S/C19H22N4O2S/c24-17(8-13-3-7-26-11-13)22-9-14-15-10-23(18-20-5-1-6-21-18)12-19(15)4-2-16(14)25-19/h1,3,5-7,11,14-16H,2,4,8-10,12H2,(H,22,24)/t14-,15+,16+,19+/m0/s1. The lowest BCUT2D eigenvalue weighted by Gasteiger charge is -2.29. The van der Waals surface area contributed by atoms with E-state index in [9.17, 15) is 4.79 Å². The van der Waals surface area contributed by atoms with Crippen LogP contribution in [0.1, 0.15) is 18.4 Å². The van der Waals surface area contributed by atoms with Crippen LogP contribution in [0.25, 0.3) is 0 Å². The third-order valence-corrected chi connectivity index (χ3v) is 6.83. The van der Waals surface area contributed by atoms with Gasteiger partial charge in [0.1, 0.15) is 0 Å². The van der Waals surface area contributed by atoms with E-state index in [1.165, 1.54) is 0 Å². The number of ether oxygens (including phenoxy) is 1. The van der Waals surface area contributed by atoms with Gasteiger partial charge in [-0.3, -0.25) is 4.79 Å². The van der Waals surface area contributed by atoms with Gasteiger partial charge in [-0.25, -0.2) is 9.97 Å². The number of hydrogen-bond acceptors (Lipinski definition) is 6. The van der Waals surface area contributed by atoms with Gasteiger partial charge in [0.05, 0.1) is 24.7 Å². The molecule has 0 radical (unpaired) electrons. The van der Waals surface area contributed by atoms with Gasteiger partial charge in [0.15, 0.2) is 0 Å². The molecule has 1 N–H and O–H groups in total. The molecule has 7 heteroatoms. The van der Waals surface area contributed by atoms with Crippen LogP contribution in [0.5, 0.6) is 0 Å². The van der Waals surface area contributed by atoms with Gasteiger partial charge in [-0.05, 0) is 41.3 Å². The number of amides is 1. The summed E-state index contributed by atoms with van der Waals surface area (Å²) < 4.78 is 6.44. The first-order valence-electron chi connectivity index (χ1n) is 9.21. The summed E-state index contributed by atoms with van der Waals surface area (Å²) in [5.41, 5.74) is 1.01. The Hall–Kier alpha value is -1.99. The van der Waals surface area contributed by atoms with Crippen LogP contribution in [-0.2, 0) is 16.0 Å². The van der Waals surface area contributed by atoms with E-state index < -0.39 is 0 Å². The third kappa shape index (κ3) is 2.70. The first-order chi connectivity index (χ1) is 12.7. The maximum absolute atomic E-state index is 12.3. The van der Waals surface area contributed by atoms with Crippen LogP contribution in [0.15, 0.2) is 35.3 Å². The van der Waals surface area contributed by atoms with Crippen LogP contribution >= 0.6 is 11.3 Å². The van der Waals surface area contributed by atoms with Crippen molar-refractivity contribution in [2.24, 2.45) is 11.8 Å². The minimum Gasteiger partial charge on any atom is -0.369 e. The number of rotatable bonds is 5. The van der Waals surface area contributed by atoms with E-state index in [2.05, 4.69) is 20.2 Å². The molecule has 3 fully saturated rings. The zero-order valence-corrected chi connectivity index (χ0v) is 15.3. The number of carbonyl (C=O) groups is 1. The molecule has 0 aliphatic carbocycles. The van der Waals surface area contributed by atoms with E-state index in [1.807, 2.05) is 22.9 Å². The van der Waals surface area contributed by atoms with E-state index >= 15 is 0 Å². The fourth-order valence-electron chi connectivity index (χ4n) is 4.94. The molecule has 0 unspecified atom stereocenters. The summed E-state index contributed by atoms with van der Waals surface area (Å²) in [5, 5.41) is 7.19. The molecule has 5 heterocycles. The fourth-order valence-corrected chi connectivity index (χ4v) is 5.61. The number of thiophene rings is 1. The van der Waals surface area contributed by atoms with Gasteiger partial charge in [0.25, 0.3) is 0 Å². The van der Waals surface area contributed by atoms with Crippen molar-refractivity contribution in [3.05, 3.63) is 40.8 Å². The molecule has 0 aromatic carbocycles. The van der Waals surface area contributed by atoms with Crippen LogP contribution in [-0.4, -0.2) is 47.2 Å². The second-order valence-corrected chi connectivity index (χ2v) is 8.35. The molecule has 6 nitrogen and oxygen atoms in total. The van der Waals surface area contributed by atoms with Crippen LogP contribution < -0.4 is 10.2 Å². The zero-order chi connectivity index (χ0) is 17.6. The predicted molar refractivity (Wildman–Crippen MR) is 99.1 cm³/mol. The van der Waals surface area contributed by atoms with Crippen molar-refractivity contribution in [3.63, 3.8) is 0 Å². The predicted octanol–water partition coefficient (Wildman–Crippen LogP) is 1.88. The molecule has 3 aliphatic heterocycles. The lowest BCUT2D eigenvalue weighted by atomic mass is 9.73. The Balaban J connectivity index is 1.25. The first kappa shape index (κ1) is 16.2. The van der Waals surface area contributed by atoms with Crippen LogP contribution in [0.3, 0.4) is 0 Å².